The van der Waals surface area contributed by atoms with E-state index in [1.165, 1.54) is 16.5 Å². The molecule has 0 saturated carbocycles. The maximum atomic E-state index is 12.6. The molecular formula is C19H22N6O3. The van der Waals surface area contributed by atoms with Crippen LogP contribution in [0, 0.1) is 6.92 Å². The number of nitrogens with one attached hydrogen (secondary N) is 1. The van der Waals surface area contributed by atoms with Gasteiger partial charge in [-0.05, 0) is 25.3 Å². The van der Waals surface area contributed by atoms with Crippen LogP contribution >= 0.6 is 0 Å². The van der Waals surface area contributed by atoms with E-state index in [0.29, 0.717) is 18.7 Å². The molecule has 1 atom stereocenters. The fourth-order valence-electron chi connectivity index (χ4n) is 3.22. The Bertz CT molecular complexity index is 1030. The fourth-order valence-corrected chi connectivity index (χ4v) is 3.22. The van der Waals surface area contributed by atoms with E-state index in [2.05, 4.69) is 20.6 Å². The van der Waals surface area contributed by atoms with E-state index < -0.39 is 0 Å². The monoisotopic (exact) mass is 382 g/mol. The van der Waals surface area contributed by atoms with E-state index in [9.17, 15) is 9.59 Å². The van der Waals surface area contributed by atoms with E-state index in [0.717, 1.165) is 25.0 Å². The molecule has 0 bridgehead atoms. The zero-order valence-electron chi connectivity index (χ0n) is 15.7. The molecule has 0 spiro atoms. The summed E-state index contributed by atoms with van der Waals surface area (Å²) in [5, 5.41) is 10.8. The van der Waals surface area contributed by atoms with E-state index in [1.54, 1.807) is 4.68 Å². The Morgan fingerprint density at radius 1 is 1.32 bits per heavy atom. The van der Waals surface area contributed by atoms with E-state index in [-0.39, 0.29) is 29.6 Å². The Morgan fingerprint density at radius 2 is 2.14 bits per heavy atom. The number of aryl methyl sites for hydroxylation is 1. The van der Waals surface area contributed by atoms with Gasteiger partial charge in [0.25, 0.3) is 5.56 Å². The molecule has 3 aromatic rings. The van der Waals surface area contributed by atoms with Gasteiger partial charge in [-0.2, -0.15) is 0 Å². The molecule has 1 aromatic carbocycles. The van der Waals surface area contributed by atoms with Crippen molar-refractivity contribution >= 4 is 17.1 Å². The third-order valence-electron chi connectivity index (χ3n) is 4.81. The van der Waals surface area contributed by atoms with E-state index in [1.807, 2.05) is 31.2 Å². The van der Waals surface area contributed by atoms with Gasteiger partial charge in [-0.3, -0.25) is 14.2 Å². The molecule has 4 rings (SSSR count). The van der Waals surface area contributed by atoms with Crippen LogP contribution in [0.2, 0.25) is 0 Å². The summed E-state index contributed by atoms with van der Waals surface area (Å²) in [5.41, 5.74) is 2.39. The second-order valence-electron chi connectivity index (χ2n) is 7.02. The number of aromatic nitrogens is 5. The standard InChI is InChI=1S/C19H22N6O3/c1-13-4-6-14(7-5-13)10-25-18-17(22-23-25)19(27)24(12-21-18)11-16(26)20-9-15-3-2-8-28-15/h4-7,12,15H,2-3,8-11H2,1H3,(H,20,26)/t15-/m0/s1. The molecule has 1 aliphatic heterocycles. The maximum Gasteiger partial charge on any atom is 0.283 e. The van der Waals surface area contributed by atoms with Crippen molar-refractivity contribution in [3.8, 4) is 0 Å². The van der Waals surface area contributed by atoms with Gasteiger partial charge in [0.2, 0.25) is 5.91 Å². The summed E-state index contributed by atoms with van der Waals surface area (Å²) in [6.07, 6.45) is 3.38. The smallest absolute Gasteiger partial charge is 0.283 e. The summed E-state index contributed by atoms with van der Waals surface area (Å²) < 4.78 is 8.31. The molecule has 2 aromatic heterocycles. The Balaban J connectivity index is 1.47. The first-order chi connectivity index (χ1) is 13.6. The Labute approximate surface area is 161 Å². The number of benzene rings is 1. The SMILES string of the molecule is Cc1ccc(Cn2nnc3c(=O)n(CC(=O)NC[C@@H]4CCCO4)cnc32)cc1. The van der Waals surface area contributed by atoms with Crippen LogP contribution < -0.4 is 10.9 Å². The lowest BCUT2D eigenvalue weighted by atomic mass is 10.1. The molecule has 1 aliphatic rings. The van der Waals surface area contributed by atoms with Gasteiger partial charge in [-0.1, -0.05) is 35.0 Å². The first kappa shape index (κ1) is 18.3. The highest BCUT2D eigenvalue weighted by Gasteiger charge is 2.17. The summed E-state index contributed by atoms with van der Waals surface area (Å²) in [5.74, 6) is -0.259. The lowest BCUT2D eigenvalue weighted by molar-refractivity contribution is -0.122. The highest BCUT2D eigenvalue weighted by molar-refractivity contribution is 5.76. The molecular weight excluding hydrogens is 360 g/mol. The fraction of sp³-hybridized carbons (Fsp3) is 0.421. The zero-order valence-corrected chi connectivity index (χ0v) is 15.7. The second kappa shape index (κ2) is 7.89. The highest BCUT2D eigenvalue weighted by Crippen LogP contribution is 2.11. The molecule has 1 amide bonds. The number of ether oxygens (including phenoxy) is 1. The van der Waals surface area contributed by atoms with Crippen molar-refractivity contribution in [3.05, 3.63) is 52.1 Å². The summed E-state index contributed by atoms with van der Waals surface area (Å²) in [7, 11) is 0. The Morgan fingerprint density at radius 3 is 2.89 bits per heavy atom. The van der Waals surface area contributed by atoms with Crippen molar-refractivity contribution < 1.29 is 9.53 Å². The molecule has 1 N–H and O–H groups in total. The maximum absolute atomic E-state index is 12.6. The summed E-state index contributed by atoms with van der Waals surface area (Å²) in [6, 6.07) is 8.04. The van der Waals surface area contributed by atoms with Crippen LogP contribution in [0.5, 0.6) is 0 Å². The van der Waals surface area contributed by atoms with Gasteiger partial charge in [0.1, 0.15) is 12.9 Å². The van der Waals surface area contributed by atoms with Gasteiger partial charge in [-0.15, -0.1) is 5.10 Å². The topological polar surface area (TPSA) is 104 Å². The lowest BCUT2D eigenvalue weighted by Gasteiger charge is -2.11. The van der Waals surface area contributed by atoms with E-state index in [4.69, 9.17) is 4.74 Å². The van der Waals surface area contributed by atoms with Crippen LogP contribution in [0.1, 0.15) is 24.0 Å². The summed E-state index contributed by atoms with van der Waals surface area (Å²) >= 11 is 0. The minimum Gasteiger partial charge on any atom is -0.376 e. The van der Waals surface area contributed by atoms with Crippen LogP contribution in [0.25, 0.3) is 11.2 Å². The van der Waals surface area contributed by atoms with Gasteiger partial charge in [-0.25, -0.2) is 9.67 Å². The van der Waals surface area contributed by atoms with Gasteiger partial charge < -0.3 is 10.1 Å². The van der Waals surface area contributed by atoms with Crippen LogP contribution in [0.4, 0.5) is 0 Å². The molecule has 3 heterocycles. The zero-order chi connectivity index (χ0) is 19.5. The number of carbonyl (C=O) groups excluding carboxylic acids is 1. The average molecular weight is 382 g/mol. The van der Waals surface area contributed by atoms with Crippen molar-refractivity contribution in [2.24, 2.45) is 0 Å². The molecule has 1 saturated heterocycles. The molecule has 1 fully saturated rings. The van der Waals surface area contributed by atoms with Crippen LogP contribution in [-0.2, 0) is 22.6 Å². The third-order valence-corrected chi connectivity index (χ3v) is 4.81. The second-order valence-corrected chi connectivity index (χ2v) is 7.02. The number of hydrogen-bond donors (Lipinski definition) is 1. The van der Waals surface area contributed by atoms with Crippen molar-refractivity contribution in [1.29, 1.82) is 0 Å². The van der Waals surface area contributed by atoms with Gasteiger partial charge >= 0.3 is 0 Å². The largest absolute Gasteiger partial charge is 0.376 e. The predicted octanol–water partition coefficient (Wildman–Crippen LogP) is 0.640. The van der Waals surface area contributed by atoms with Crippen LogP contribution in [-0.4, -0.2) is 49.7 Å². The number of nitrogens with zero attached hydrogens (tertiary/aromatic N) is 5. The Kier molecular flexibility index (Phi) is 5.16. The molecule has 9 heteroatoms. The van der Waals surface area contributed by atoms with E-state index >= 15 is 0 Å². The van der Waals surface area contributed by atoms with Crippen molar-refractivity contribution in [2.45, 2.75) is 39.0 Å². The van der Waals surface area contributed by atoms with Crippen LogP contribution in [0.3, 0.4) is 0 Å². The predicted molar refractivity (Wildman–Crippen MR) is 102 cm³/mol. The molecule has 146 valence electrons. The van der Waals surface area contributed by atoms with Gasteiger partial charge in [0.05, 0.1) is 12.6 Å². The Hall–Kier alpha value is -3.07. The number of hydrogen-bond acceptors (Lipinski definition) is 6. The van der Waals surface area contributed by atoms with Crippen LogP contribution in [0.15, 0.2) is 35.4 Å². The minimum absolute atomic E-state index is 0.0583. The average Bonchev–Trinajstić information content (AvgIpc) is 3.35. The van der Waals surface area contributed by atoms with Crippen molar-refractivity contribution in [1.82, 2.24) is 29.9 Å². The number of rotatable bonds is 6. The molecule has 0 radical (unpaired) electrons. The quantitative estimate of drug-likeness (QED) is 0.671. The van der Waals surface area contributed by atoms with Gasteiger partial charge in [0.15, 0.2) is 11.2 Å². The molecule has 0 unspecified atom stereocenters. The molecule has 0 aliphatic carbocycles. The van der Waals surface area contributed by atoms with Crippen molar-refractivity contribution in [2.75, 3.05) is 13.2 Å². The third kappa shape index (κ3) is 3.94. The number of fused-ring (bicyclic) bond motifs is 1. The number of carbonyl (C=O) groups is 1. The molecule has 28 heavy (non-hydrogen) atoms. The molecule has 9 nitrogen and oxygen atoms in total. The normalized spacial score (nSPS) is 16.5. The highest BCUT2D eigenvalue weighted by atomic mass is 16.5. The summed E-state index contributed by atoms with van der Waals surface area (Å²) in [4.78, 5) is 29.1. The first-order valence-electron chi connectivity index (χ1n) is 9.32. The van der Waals surface area contributed by atoms with Gasteiger partial charge in [0, 0.05) is 13.2 Å². The van der Waals surface area contributed by atoms with Crippen molar-refractivity contribution in [3.63, 3.8) is 0 Å². The number of amides is 1. The summed E-state index contributed by atoms with van der Waals surface area (Å²) in [6.45, 7) is 3.57. The minimum atomic E-state index is -0.382. The lowest BCUT2D eigenvalue weighted by Crippen LogP contribution is -2.36. The first-order valence-corrected chi connectivity index (χ1v) is 9.32.